The first-order chi connectivity index (χ1) is 9.46. The van der Waals surface area contributed by atoms with Crippen LogP contribution in [0, 0.1) is 0 Å². The van der Waals surface area contributed by atoms with Crippen LogP contribution in [-0.2, 0) is 16.6 Å². The monoisotopic (exact) mass is 335 g/mol. The van der Waals surface area contributed by atoms with Gasteiger partial charge in [0, 0.05) is 11.3 Å². The quantitative estimate of drug-likeness (QED) is 0.867. The van der Waals surface area contributed by atoms with Crippen LogP contribution >= 0.6 is 23.4 Å². The summed E-state index contributed by atoms with van der Waals surface area (Å²) in [6.07, 6.45) is 4.77. The Bertz CT molecular complexity index is 577. The zero-order valence-corrected chi connectivity index (χ0v) is 13.6. The SMILES string of the molecule is CSC1CCC(NS(=O)(=O)c2cc(CO)ccc2Cl)C1. The van der Waals surface area contributed by atoms with Crippen LogP contribution < -0.4 is 4.72 Å². The minimum atomic E-state index is -3.64. The van der Waals surface area contributed by atoms with Gasteiger partial charge in [0.05, 0.1) is 11.6 Å². The van der Waals surface area contributed by atoms with Gasteiger partial charge in [0.2, 0.25) is 10.0 Å². The van der Waals surface area contributed by atoms with E-state index in [0.717, 1.165) is 19.3 Å². The minimum absolute atomic E-state index is 0.0358. The van der Waals surface area contributed by atoms with E-state index in [1.54, 1.807) is 17.8 Å². The Balaban J connectivity index is 2.18. The van der Waals surface area contributed by atoms with Gasteiger partial charge in [0.25, 0.3) is 0 Å². The fourth-order valence-corrected chi connectivity index (χ4v) is 5.03. The second-order valence-corrected chi connectivity index (χ2v) is 8.14. The van der Waals surface area contributed by atoms with Gasteiger partial charge in [-0.2, -0.15) is 11.8 Å². The topological polar surface area (TPSA) is 66.4 Å². The number of hydrogen-bond donors (Lipinski definition) is 2. The number of halogens is 1. The van der Waals surface area contributed by atoms with E-state index in [2.05, 4.69) is 4.72 Å². The largest absolute Gasteiger partial charge is 0.392 e. The first-order valence-corrected chi connectivity index (χ1v) is 9.55. The predicted molar refractivity (Wildman–Crippen MR) is 82.6 cm³/mol. The van der Waals surface area contributed by atoms with Crippen molar-refractivity contribution < 1.29 is 13.5 Å². The predicted octanol–water partition coefficient (Wildman–Crippen LogP) is 2.39. The lowest BCUT2D eigenvalue weighted by molar-refractivity contribution is 0.281. The number of benzene rings is 1. The standard InChI is InChI=1S/C13H18ClNO3S2/c1-19-11-4-3-10(7-11)15-20(17,18)13-6-9(8-16)2-5-12(13)14/h2,5-6,10-11,15-16H,3-4,7-8H2,1H3. The maximum Gasteiger partial charge on any atom is 0.242 e. The summed E-state index contributed by atoms with van der Waals surface area (Å²) in [6, 6.07) is 4.50. The molecule has 0 amide bonds. The van der Waals surface area contributed by atoms with E-state index in [1.165, 1.54) is 12.1 Å². The Kier molecular flexibility index (Phi) is 5.36. The molecular formula is C13H18ClNO3S2. The van der Waals surface area contributed by atoms with E-state index in [4.69, 9.17) is 16.7 Å². The lowest BCUT2D eigenvalue weighted by Gasteiger charge is -2.14. The number of sulfonamides is 1. The van der Waals surface area contributed by atoms with E-state index in [1.807, 2.05) is 6.26 Å². The lowest BCUT2D eigenvalue weighted by Crippen LogP contribution is -2.33. The third kappa shape index (κ3) is 3.68. The highest BCUT2D eigenvalue weighted by molar-refractivity contribution is 7.99. The van der Waals surface area contributed by atoms with E-state index >= 15 is 0 Å². The fraction of sp³-hybridized carbons (Fsp3) is 0.538. The van der Waals surface area contributed by atoms with Crippen LogP contribution in [0.1, 0.15) is 24.8 Å². The fourth-order valence-electron chi connectivity index (χ4n) is 2.40. The van der Waals surface area contributed by atoms with Gasteiger partial charge >= 0.3 is 0 Å². The molecule has 2 atom stereocenters. The molecule has 0 aliphatic heterocycles. The second kappa shape index (κ2) is 6.66. The molecule has 4 nitrogen and oxygen atoms in total. The van der Waals surface area contributed by atoms with Crippen molar-refractivity contribution in [3.05, 3.63) is 28.8 Å². The van der Waals surface area contributed by atoms with Crippen molar-refractivity contribution in [2.45, 2.75) is 42.1 Å². The summed E-state index contributed by atoms with van der Waals surface area (Å²) >= 11 is 7.75. The van der Waals surface area contributed by atoms with Crippen molar-refractivity contribution in [3.63, 3.8) is 0 Å². The first-order valence-electron chi connectivity index (χ1n) is 6.40. The Hall–Kier alpha value is -0.270. The van der Waals surface area contributed by atoms with Crippen LogP contribution in [-0.4, -0.2) is 31.1 Å². The number of aliphatic hydroxyl groups excluding tert-OH is 1. The van der Waals surface area contributed by atoms with Gasteiger partial charge in [-0.1, -0.05) is 17.7 Å². The molecular weight excluding hydrogens is 318 g/mol. The van der Waals surface area contributed by atoms with Crippen LogP contribution in [0.5, 0.6) is 0 Å². The van der Waals surface area contributed by atoms with Crippen LogP contribution in [0.2, 0.25) is 5.02 Å². The van der Waals surface area contributed by atoms with E-state index in [9.17, 15) is 8.42 Å². The molecule has 20 heavy (non-hydrogen) atoms. The number of thioether (sulfide) groups is 1. The van der Waals surface area contributed by atoms with Crippen molar-refractivity contribution >= 4 is 33.4 Å². The molecule has 0 radical (unpaired) electrons. The van der Waals surface area contributed by atoms with E-state index in [0.29, 0.717) is 10.8 Å². The molecule has 1 fully saturated rings. The number of aliphatic hydroxyl groups is 1. The van der Waals surface area contributed by atoms with Gasteiger partial charge in [-0.3, -0.25) is 0 Å². The summed E-state index contributed by atoms with van der Waals surface area (Å²) in [5.74, 6) is 0. The maximum absolute atomic E-state index is 12.4. The highest BCUT2D eigenvalue weighted by Crippen LogP contribution is 2.30. The molecule has 0 aromatic heterocycles. The van der Waals surface area contributed by atoms with Gasteiger partial charge in [-0.25, -0.2) is 13.1 Å². The summed E-state index contributed by atoms with van der Waals surface area (Å²) in [6.45, 7) is -0.211. The third-order valence-corrected chi connectivity index (χ3v) is 6.60. The molecule has 7 heteroatoms. The van der Waals surface area contributed by atoms with Crippen molar-refractivity contribution in [2.24, 2.45) is 0 Å². The van der Waals surface area contributed by atoms with Gasteiger partial charge in [-0.15, -0.1) is 0 Å². The van der Waals surface area contributed by atoms with Crippen molar-refractivity contribution in [1.82, 2.24) is 4.72 Å². The van der Waals surface area contributed by atoms with Crippen molar-refractivity contribution in [3.8, 4) is 0 Å². The van der Waals surface area contributed by atoms with Gasteiger partial charge in [0.1, 0.15) is 4.90 Å². The molecule has 2 rings (SSSR count). The van der Waals surface area contributed by atoms with Crippen molar-refractivity contribution in [1.29, 1.82) is 0 Å². The summed E-state index contributed by atoms with van der Waals surface area (Å²) in [5, 5.41) is 9.80. The maximum atomic E-state index is 12.4. The second-order valence-electron chi connectivity index (χ2n) is 4.91. The third-order valence-electron chi connectivity index (χ3n) is 3.51. The Morgan fingerprint density at radius 1 is 1.45 bits per heavy atom. The average molecular weight is 336 g/mol. The lowest BCUT2D eigenvalue weighted by atomic mass is 10.2. The summed E-state index contributed by atoms with van der Waals surface area (Å²) in [5.41, 5.74) is 0.531. The minimum Gasteiger partial charge on any atom is -0.392 e. The molecule has 1 aromatic rings. The Morgan fingerprint density at radius 3 is 2.80 bits per heavy atom. The average Bonchev–Trinajstić information content (AvgIpc) is 2.86. The zero-order chi connectivity index (χ0) is 14.8. The number of hydrogen-bond acceptors (Lipinski definition) is 4. The van der Waals surface area contributed by atoms with Crippen molar-refractivity contribution in [2.75, 3.05) is 6.26 Å². The molecule has 0 saturated heterocycles. The molecule has 2 N–H and O–H groups in total. The Morgan fingerprint density at radius 2 is 2.20 bits per heavy atom. The molecule has 1 aliphatic carbocycles. The Labute approximate surface area is 129 Å². The normalized spacial score (nSPS) is 23.1. The van der Waals surface area contributed by atoms with Crippen LogP contribution in [0.25, 0.3) is 0 Å². The molecule has 0 heterocycles. The first kappa shape index (κ1) is 16.1. The highest BCUT2D eigenvalue weighted by Gasteiger charge is 2.29. The van der Waals surface area contributed by atoms with Crippen LogP contribution in [0.15, 0.2) is 23.1 Å². The van der Waals surface area contributed by atoms with Gasteiger partial charge in [-0.05, 0) is 43.2 Å². The van der Waals surface area contributed by atoms with E-state index < -0.39 is 10.0 Å². The van der Waals surface area contributed by atoms with Crippen LogP contribution in [0.4, 0.5) is 0 Å². The molecule has 1 aromatic carbocycles. The summed E-state index contributed by atoms with van der Waals surface area (Å²) < 4.78 is 27.5. The van der Waals surface area contributed by atoms with Crippen LogP contribution in [0.3, 0.4) is 0 Å². The molecule has 112 valence electrons. The van der Waals surface area contributed by atoms with Gasteiger partial charge in [0.15, 0.2) is 0 Å². The summed E-state index contributed by atoms with van der Waals surface area (Å²) in [4.78, 5) is 0.0401. The molecule has 0 bridgehead atoms. The highest BCUT2D eigenvalue weighted by atomic mass is 35.5. The number of rotatable bonds is 5. The van der Waals surface area contributed by atoms with Gasteiger partial charge < -0.3 is 5.11 Å². The number of nitrogens with one attached hydrogen (secondary N) is 1. The molecule has 2 unspecified atom stereocenters. The molecule has 1 saturated carbocycles. The molecule has 1 aliphatic rings. The van der Waals surface area contributed by atoms with E-state index in [-0.39, 0.29) is 22.6 Å². The zero-order valence-electron chi connectivity index (χ0n) is 11.2. The summed E-state index contributed by atoms with van der Waals surface area (Å²) in [7, 11) is -3.64. The molecule has 0 spiro atoms. The smallest absolute Gasteiger partial charge is 0.242 e.